The van der Waals surface area contributed by atoms with Gasteiger partial charge in [0.05, 0.1) is 12.5 Å². The molecule has 1 saturated carbocycles. The molecule has 6 heteroatoms. The number of anilines is 2. The van der Waals surface area contributed by atoms with Crippen LogP contribution in [0.25, 0.3) is 0 Å². The summed E-state index contributed by atoms with van der Waals surface area (Å²) in [7, 11) is 1.99. The highest BCUT2D eigenvalue weighted by Crippen LogP contribution is 2.39. The van der Waals surface area contributed by atoms with Gasteiger partial charge in [-0.1, -0.05) is 0 Å². The van der Waals surface area contributed by atoms with Gasteiger partial charge >= 0.3 is 0 Å². The number of nitrogens with zero attached hydrogens (tertiary/aromatic N) is 3. The van der Waals surface area contributed by atoms with E-state index in [0.29, 0.717) is 11.7 Å². The summed E-state index contributed by atoms with van der Waals surface area (Å²) < 4.78 is 5.08. The second kappa shape index (κ2) is 4.89. The number of furan rings is 1. The van der Waals surface area contributed by atoms with Gasteiger partial charge in [-0.05, 0) is 18.9 Å². The molecule has 19 heavy (non-hydrogen) atoms. The average Bonchev–Trinajstić information content (AvgIpc) is 3.17. The third-order valence-corrected chi connectivity index (χ3v) is 3.21. The van der Waals surface area contributed by atoms with Crippen LogP contribution in [0.4, 0.5) is 11.6 Å². The monoisotopic (exact) mass is 259 g/mol. The van der Waals surface area contributed by atoms with Crippen molar-refractivity contribution >= 4 is 11.6 Å². The Hall–Kier alpha value is -2.08. The van der Waals surface area contributed by atoms with Crippen molar-refractivity contribution in [3.63, 3.8) is 0 Å². The predicted molar refractivity (Wildman–Crippen MR) is 72.6 cm³/mol. The minimum absolute atomic E-state index is 0.495. The summed E-state index contributed by atoms with van der Waals surface area (Å²) in [6.07, 6.45) is 5.74. The number of aromatic nitrogens is 2. The maximum absolute atomic E-state index is 5.47. The third kappa shape index (κ3) is 2.68. The Balaban J connectivity index is 1.83. The highest BCUT2D eigenvalue weighted by atomic mass is 16.3. The molecule has 0 radical (unpaired) electrons. The Bertz CT molecular complexity index is 550. The van der Waals surface area contributed by atoms with Crippen LogP contribution in [0.15, 0.2) is 29.1 Å². The topological polar surface area (TPSA) is 80.2 Å². The van der Waals surface area contributed by atoms with Gasteiger partial charge in [0.25, 0.3) is 0 Å². The third-order valence-electron chi connectivity index (χ3n) is 3.21. The van der Waals surface area contributed by atoms with E-state index < -0.39 is 0 Å². The van der Waals surface area contributed by atoms with E-state index in [1.165, 1.54) is 12.8 Å². The fraction of sp³-hybridized carbons (Fsp3) is 0.385. The van der Waals surface area contributed by atoms with E-state index in [2.05, 4.69) is 20.3 Å². The van der Waals surface area contributed by atoms with Crippen LogP contribution in [0.3, 0.4) is 0 Å². The number of rotatable bonds is 5. The van der Waals surface area contributed by atoms with Gasteiger partial charge in [-0.15, -0.1) is 0 Å². The molecule has 0 atom stereocenters. The van der Waals surface area contributed by atoms with Crippen molar-refractivity contribution in [2.24, 2.45) is 5.84 Å². The van der Waals surface area contributed by atoms with E-state index in [0.717, 1.165) is 23.8 Å². The quantitative estimate of drug-likeness (QED) is 0.630. The molecule has 3 N–H and O–H groups in total. The molecule has 3 rings (SSSR count). The maximum atomic E-state index is 5.47. The lowest BCUT2D eigenvalue weighted by molar-refractivity contribution is 0.563. The molecule has 1 fully saturated rings. The smallest absolute Gasteiger partial charge is 0.145 e. The van der Waals surface area contributed by atoms with Gasteiger partial charge in [0.1, 0.15) is 17.5 Å². The Morgan fingerprint density at radius 1 is 1.47 bits per heavy atom. The van der Waals surface area contributed by atoms with E-state index in [9.17, 15) is 0 Å². The van der Waals surface area contributed by atoms with Gasteiger partial charge in [-0.3, -0.25) is 0 Å². The summed E-state index contributed by atoms with van der Waals surface area (Å²) in [6, 6.07) is 3.80. The van der Waals surface area contributed by atoms with Crippen LogP contribution in [0, 0.1) is 0 Å². The van der Waals surface area contributed by atoms with E-state index in [1.54, 1.807) is 12.5 Å². The lowest BCUT2D eigenvalue weighted by atomic mass is 10.3. The Morgan fingerprint density at radius 2 is 2.32 bits per heavy atom. The van der Waals surface area contributed by atoms with Gasteiger partial charge in [-0.25, -0.2) is 15.8 Å². The second-order valence-corrected chi connectivity index (χ2v) is 4.88. The molecule has 0 aromatic carbocycles. The van der Waals surface area contributed by atoms with Crippen LogP contribution in [0.2, 0.25) is 0 Å². The average molecular weight is 259 g/mol. The van der Waals surface area contributed by atoms with E-state index in [-0.39, 0.29) is 0 Å². The summed E-state index contributed by atoms with van der Waals surface area (Å²) in [5.74, 6) is 8.37. The van der Waals surface area contributed by atoms with Gasteiger partial charge in [0.15, 0.2) is 0 Å². The van der Waals surface area contributed by atoms with Gasteiger partial charge in [-0.2, -0.15) is 0 Å². The molecule has 2 aromatic heterocycles. The standard InChI is InChI=1S/C13H17N5O/c1-18(7-9-4-5-19-8-9)12-6-11(17-14)15-13(16-12)10-2-3-10/h4-6,8,10H,2-3,7,14H2,1H3,(H,15,16,17). The molecule has 0 saturated heterocycles. The summed E-state index contributed by atoms with van der Waals surface area (Å²) in [6.45, 7) is 0.738. The first-order valence-electron chi connectivity index (χ1n) is 6.34. The number of hydrogen-bond acceptors (Lipinski definition) is 6. The van der Waals surface area contributed by atoms with Crippen molar-refractivity contribution in [2.75, 3.05) is 17.4 Å². The molecule has 2 aromatic rings. The molecule has 2 heterocycles. The van der Waals surface area contributed by atoms with Crippen LogP contribution in [-0.4, -0.2) is 17.0 Å². The molecule has 6 nitrogen and oxygen atoms in total. The minimum atomic E-state index is 0.495. The zero-order valence-electron chi connectivity index (χ0n) is 10.8. The lowest BCUT2D eigenvalue weighted by Gasteiger charge is -2.18. The molecule has 1 aliphatic rings. The molecular formula is C13H17N5O. The zero-order chi connectivity index (χ0) is 13.2. The fourth-order valence-corrected chi connectivity index (χ4v) is 1.98. The van der Waals surface area contributed by atoms with Crippen molar-refractivity contribution in [1.29, 1.82) is 0 Å². The molecule has 0 aliphatic heterocycles. The summed E-state index contributed by atoms with van der Waals surface area (Å²) in [4.78, 5) is 11.1. The molecule has 100 valence electrons. The molecule has 0 spiro atoms. The molecular weight excluding hydrogens is 242 g/mol. The van der Waals surface area contributed by atoms with Crippen LogP contribution >= 0.6 is 0 Å². The van der Waals surface area contributed by atoms with Crippen molar-refractivity contribution in [1.82, 2.24) is 9.97 Å². The largest absolute Gasteiger partial charge is 0.472 e. The van der Waals surface area contributed by atoms with E-state index >= 15 is 0 Å². The number of nitrogens with one attached hydrogen (secondary N) is 1. The highest BCUT2D eigenvalue weighted by molar-refractivity contribution is 5.49. The Labute approximate surface area is 111 Å². The Morgan fingerprint density at radius 3 is 2.95 bits per heavy atom. The van der Waals surface area contributed by atoms with Crippen molar-refractivity contribution in [3.8, 4) is 0 Å². The fourth-order valence-electron chi connectivity index (χ4n) is 1.98. The first kappa shape index (κ1) is 12.0. The van der Waals surface area contributed by atoms with Crippen LogP contribution in [-0.2, 0) is 6.54 Å². The van der Waals surface area contributed by atoms with Crippen LogP contribution in [0.5, 0.6) is 0 Å². The van der Waals surface area contributed by atoms with E-state index in [4.69, 9.17) is 10.3 Å². The van der Waals surface area contributed by atoms with E-state index in [1.807, 2.05) is 19.2 Å². The number of nitrogen functional groups attached to an aromatic ring is 1. The summed E-state index contributed by atoms with van der Waals surface area (Å²) in [5.41, 5.74) is 3.72. The van der Waals surface area contributed by atoms with Crippen LogP contribution in [0.1, 0.15) is 30.1 Å². The molecule has 0 unspecified atom stereocenters. The van der Waals surface area contributed by atoms with Crippen LogP contribution < -0.4 is 16.2 Å². The highest BCUT2D eigenvalue weighted by Gasteiger charge is 2.27. The van der Waals surface area contributed by atoms with Crippen molar-refractivity contribution in [3.05, 3.63) is 36.0 Å². The van der Waals surface area contributed by atoms with Gasteiger partial charge < -0.3 is 14.7 Å². The number of hydrazine groups is 1. The minimum Gasteiger partial charge on any atom is -0.472 e. The Kier molecular flexibility index (Phi) is 3.08. The van der Waals surface area contributed by atoms with Crippen molar-refractivity contribution in [2.45, 2.75) is 25.3 Å². The maximum Gasteiger partial charge on any atom is 0.145 e. The molecule has 1 aliphatic carbocycles. The normalized spacial score (nSPS) is 14.4. The molecule has 0 bridgehead atoms. The van der Waals surface area contributed by atoms with Gasteiger partial charge in [0.2, 0.25) is 0 Å². The summed E-state index contributed by atoms with van der Waals surface area (Å²) in [5, 5.41) is 0. The summed E-state index contributed by atoms with van der Waals surface area (Å²) >= 11 is 0. The lowest BCUT2D eigenvalue weighted by Crippen LogP contribution is -2.19. The number of hydrogen-bond donors (Lipinski definition) is 2. The first-order valence-corrected chi connectivity index (χ1v) is 6.34. The van der Waals surface area contributed by atoms with Gasteiger partial charge in [0, 0.05) is 31.1 Å². The predicted octanol–water partition coefficient (Wildman–Crippen LogP) is 1.87. The van der Waals surface area contributed by atoms with Crippen molar-refractivity contribution < 1.29 is 4.42 Å². The number of nitrogens with two attached hydrogens (primary N) is 1. The first-order chi connectivity index (χ1) is 9.26. The SMILES string of the molecule is CN(Cc1ccoc1)c1cc(NN)nc(C2CC2)n1. The zero-order valence-corrected chi connectivity index (χ0v) is 10.8. The molecule has 0 amide bonds. The second-order valence-electron chi connectivity index (χ2n) is 4.88.